The molecule has 0 saturated carbocycles. The maximum absolute atomic E-state index is 10.3. The molecule has 0 amide bonds. The number of carboxylic acids is 1. The summed E-state index contributed by atoms with van der Waals surface area (Å²) in [6, 6.07) is 5.27. The highest BCUT2D eigenvalue weighted by atomic mass is 79.9. The lowest BCUT2D eigenvalue weighted by molar-refractivity contribution is -0.134. The SMILES string of the molecule is N=Cc1ccc(Br)cc1NCC(=O)O. The van der Waals surface area contributed by atoms with Crippen LogP contribution in [0.1, 0.15) is 5.56 Å². The van der Waals surface area contributed by atoms with Gasteiger partial charge in [0.05, 0.1) is 0 Å². The first kappa shape index (κ1) is 10.7. The van der Waals surface area contributed by atoms with E-state index in [1.807, 2.05) is 0 Å². The monoisotopic (exact) mass is 256 g/mol. The van der Waals surface area contributed by atoms with Crippen molar-refractivity contribution in [1.29, 1.82) is 5.41 Å². The first-order chi connectivity index (χ1) is 6.63. The van der Waals surface area contributed by atoms with Gasteiger partial charge in [0, 0.05) is 21.9 Å². The molecule has 1 rings (SSSR count). The molecule has 0 saturated heterocycles. The standard InChI is InChI=1S/C9H9BrN2O2/c10-7-2-1-6(4-11)8(3-7)12-5-9(13)14/h1-4,11-12H,5H2,(H,13,14). The first-order valence-corrected chi connectivity index (χ1v) is 4.68. The molecule has 0 aliphatic rings. The molecule has 0 atom stereocenters. The number of carboxylic acid groups (broad SMARTS) is 1. The molecule has 0 bridgehead atoms. The molecule has 3 N–H and O–H groups in total. The van der Waals surface area contributed by atoms with Crippen molar-refractivity contribution < 1.29 is 9.90 Å². The van der Waals surface area contributed by atoms with Gasteiger partial charge in [-0.15, -0.1) is 0 Å². The molecule has 0 radical (unpaired) electrons. The van der Waals surface area contributed by atoms with E-state index < -0.39 is 5.97 Å². The van der Waals surface area contributed by atoms with E-state index >= 15 is 0 Å². The van der Waals surface area contributed by atoms with Gasteiger partial charge >= 0.3 is 5.97 Å². The van der Waals surface area contributed by atoms with Crippen molar-refractivity contribution >= 4 is 33.8 Å². The zero-order valence-electron chi connectivity index (χ0n) is 7.25. The van der Waals surface area contributed by atoms with Crippen LogP contribution in [-0.4, -0.2) is 23.8 Å². The lowest BCUT2D eigenvalue weighted by atomic mass is 10.2. The Labute approximate surface area is 89.6 Å². The fourth-order valence-electron chi connectivity index (χ4n) is 0.978. The van der Waals surface area contributed by atoms with Crippen molar-refractivity contribution in [3.05, 3.63) is 28.2 Å². The minimum atomic E-state index is -0.930. The largest absolute Gasteiger partial charge is 0.480 e. The molecule has 4 nitrogen and oxygen atoms in total. The van der Waals surface area contributed by atoms with E-state index in [1.165, 1.54) is 6.21 Å². The minimum absolute atomic E-state index is 0.155. The quantitative estimate of drug-likeness (QED) is 0.721. The Hall–Kier alpha value is -1.36. The summed E-state index contributed by atoms with van der Waals surface area (Å²) in [6.45, 7) is -0.155. The topological polar surface area (TPSA) is 73.2 Å². The number of benzene rings is 1. The zero-order valence-corrected chi connectivity index (χ0v) is 8.84. The number of hydrogen-bond acceptors (Lipinski definition) is 3. The van der Waals surface area contributed by atoms with Crippen molar-refractivity contribution in [1.82, 2.24) is 0 Å². The molecule has 1 aromatic rings. The van der Waals surface area contributed by atoms with Gasteiger partial charge in [-0.1, -0.05) is 22.0 Å². The van der Waals surface area contributed by atoms with Crippen LogP contribution in [0.2, 0.25) is 0 Å². The first-order valence-electron chi connectivity index (χ1n) is 3.89. The molecular weight excluding hydrogens is 248 g/mol. The minimum Gasteiger partial charge on any atom is -0.480 e. The van der Waals surface area contributed by atoms with Crippen LogP contribution in [0.25, 0.3) is 0 Å². The Morgan fingerprint density at radius 2 is 2.36 bits per heavy atom. The van der Waals surface area contributed by atoms with Crippen molar-refractivity contribution in [2.75, 3.05) is 11.9 Å². The zero-order chi connectivity index (χ0) is 10.6. The molecule has 0 aliphatic heterocycles. The van der Waals surface area contributed by atoms with E-state index in [0.29, 0.717) is 11.3 Å². The van der Waals surface area contributed by atoms with E-state index in [9.17, 15) is 4.79 Å². The van der Waals surface area contributed by atoms with Gasteiger partial charge in [-0.3, -0.25) is 4.79 Å². The molecule has 0 aliphatic carbocycles. The van der Waals surface area contributed by atoms with E-state index in [2.05, 4.69) is 21.2 Å². The number of carbonyl (C=O) groups is 1. The predicted molar refractivity (Wildman–Crippen MR) is 58.2 cm³/mol. The van der Waals surface area contributed by atoms with Crippen molar-refractivity contribution in [3.63, 3.8) is 0 Å². The van der Waals surface area contributed by atoms with Crippen LogP contribution < -0.4 is 5.32 Å². The number of halogens is 1. The van der Waals surface area contributed by atoms with Crippen LogP contribution >= 0.6 is 15.9 Å². The summed E-state index contributed by atoms with van der Waals surface area (Å²) in [6.07, 6.45) is 1.18. The van der Waals surface area contributed by atoms with E-state index in [4.69, 9.17) is 10.5 Å². The molecule has 0 unspecified atom stereocenters. The summed E-state index contributed by atoms with van der Waals surface area (Å²) in [5, 5.41) is 18.3. The van der Waals surface area contributed by atoms with E-state index in [-0.39, 0.29) is 6.54 Å². The van der Waals surface area contributed by atoms with Gasteiger partial charge in [-0.25, -0.2) is 0 Å². The summed E-state index contributed by atoms with van der Waals surface area (Å²) in [7, 11) is 0. The van der Waals surface area contributed by atoms with Gasteiger partial charge in [0.2, 0.25) is 0 Å². The number of aliphatic carboxylic acids is 1. The Morgan fingerprint density at radius 1 is 1.64 bits per heavy atom. The van der Waals surface area contributed by atoms with Gasteiger partial charge in [0.25, 0.3) is 0 Å². The number of rotatable bonds is 4. The van der Waals surface area contributed by atoms with Crippen LogP contribution in [0.5, 0.6) is 0 Å². The molecule has 1 aromatic carbocycles. The van der Waals surface area contributed by atoms with Gasteiger partial charge < -0.3 is 15.8 Å². The van der Waals surface area contributed by atoms with Gasteiger partial charge in [0.15, 0.2) is 0 Å². The van der Waals surface area contributed by atoms with Crippen LogP contribution in [0.4, 0.5) is 5.69 Å². The van der Waals surface area contributed by atoms with Gasteiger partial charge in [-0.05, 0) is 12.1 Å². The molecule has 5 heteroatoms. The average molecular weight is 257 g/mol. The summed E-state index contributed by atoms with van der Waals surface area (Å²) in [4.78, 5) is 10.3. The molecule has 0 fully saturated rings. The van der Waals surface area contributed by atoms with Crippen molar-refractivity contribution in [2.24, 2.45) is 0 Å². The maximum Gasteiger partial charge on any atom is 0.322 e. The smallest absolute Gasteiger partial charge is 0.322 e. The molecular formula is C9H9BrN2O2. The van der Waals surface area contributed by atoms with Crippen LogP contribution in [-0.2, 0) is 4.79 Å². The highest BCUT2D eigenvalue weighted by Crippen LogP contribution is 2.19. The average Bonchev–Trinajstić information content (AvgIpc) is 2.15. The second-order valence-electron chi connectivity index (χ2n) is 2.62. The van der Waals surface area contributed by atoms with Gasteiger partial charge in [0.1, 0.15) is 6.54 Å². The third-order valence-electron chi connectivity index (χ3n) is 1.60. The Morgan fingerprint density at radius 3 is 2.93 bits per heavy atom. The third-order valence-corrected chi connectivity index (χ3v) is 2.09. The molecule has 74 valence electrons. The van der Waals surface area contributed by atoms with Crippen LogP contribution in [0.15, 0.2) is 22.7 Å². The Bertz CT molecular complexity index is 366. The lowest BCUT2D eigenvalue weighted by Crippen LogP contribution is -2.13. The summed E-state index contributed by atoms with van der Waals surface area (Å²) >= 11 is 3.27. The second kappa shape index (κ2) is 4.76. The van der Waals surface area contributed by atoms with Gasteiger partial charge in [-0.2, -0.15) is 0 Å². The number of anilines is 1. The number of hydrogen-bond donors (Lipinski definition) is 3. The van der Waals surface area contributed by atoms with E-state index in [0.717, 1.165) is 4.47 Å². The fraction of sp³-hybridized carbons (Fsp3) is 0.111. The predicted octanol–water partition coefficient (Wildman–Crippen LogP) is 1.94. The summed E-state index contributed by atoms with van der Waals surface area (Å²) in [5.41, 5.74) is 1.30. The summed E-state index contributed by atoms with van der Waals surface area (Å²) < 4.78 is 0.844. The summed E-state index contributed by atoms with van der Waals surface area (Å²) in [5.74, 6) is -0.930. The Kier molecular flexibility index (Phi) is 3.64. The second-order valence-corrected chi connectivity index (χ2v) is 3.54. The third kappa shape index (κ3) is 2.85. The lowest BCUT2D eigenvalue weighted by Gasteiger charge is -2.07. The highest BCUT2D eigenvalue weighted by molar-refractivity contribution is 9.10. The number of nitrogens with one attached hydrogen (secondary N) is 2. The van der Waals surface area contributed by atoms with Crippen molar-refractivity contribution in [2.45, 2.75) is 0 Å². The normalized spacial score (nSPS) is 9.50. The van der Waals surface area contributed by atoms with Crippen LogP contribution in [0, 0.1) is 5.41 Å². The molecule has 14 heavy (non-hydrogen) atoms. The molecule has 0 aromatic heterocycles. The van der Waals surface area contributed by atoms with Crippen molar-refractivity contribution in [3.8, 4) is 0 Å². The fourth-order valence-corrected chi connectivity index (χ4v) is 1.34. The van der Waals surface area contributed by atoms with Crippen LogP contribution in [0.3, 0.4) is 0 Å². The Balaban J connectivity index is 2.87. The molecule has 0 heterocycles. The maximum atomic E-state index is 10.3. The molecule has 0 spiro atoms. The highest BCUT2D eigenvalue weighted by Gasteiger charge is 2.02. The van der Waals surface area contributed by atoms with E-state index in [1.54, 1.807) is 18.2 Å².